The van der Waals surface area contributed by atoms with Crippen molar-refractivity contribution >= 4 is 32.7 Å². The van der Waals surface area contributed by atoms with Crippen molar-refractivity contribution in [2.24, 2.45) is 0 Å². The molecule has 0 aliphatic heterocycles. The molecule has 0 atom stereocenters. The van der Waals surface area contributed by atoms with Crippen molar-refractivity contribution in [2.75, 3.05) is 0 Å². The third-order valence-electron chi connectivity index (χ3n) is 10.4. The molecule has 0 spiro atoms. The van der Waals surface area contributed by atoms with Gasteiger partial charge in [0.2, 0.25) is 0 Å². The average Bonchev–Trinajstić information content (AvgIpc) is 3.81. The smallest absolute Gasteiger partial charge is 0.0635 e. The maximum absolute atomic E-state index is 2.45. The Bertz CT molecular complexity index is 2790. The zero-order valence-electron chi connectivity index (χ0n) is 28.5. The molecule has 0 saturated heterocycles. The average molecular weight is 663 g/mol. The highest BCUT2D eigenvalue weighted by molar-refractivity contribution is 6.19. The van der Waals surface area contributed by atoms with Crippen LogP contribution < -0.4 is 0 Å². The topological polar surface area (TPSA) is 9.86 Å². The van der Waals surface area contributed by atoms with Crippen molar-refractivity contribution < 1.29 is 0 Å². The Labute approximate surface area is 303 Å². The summed E-state index contributed by atoms with van der Waals surface area (Å²) in [4.78, 5) is 0. The summed E-state index contributed by atoms with van der Waals surface area (Å²) < 4.78 is 4.76. The second kappa shape index (κ2) is 12.5. The van der Waals surface area contributed by atoms with Gasteiger partial charge in [-0.1, -0.05) is 152 Å². The molecule has 8 aromatic carbocycles. The number of nitrogens with zero attached hydrogens (tertiary/aromatic N) is 2. The maximum Gasteiger partial charge on any atom is 0.0635 e. The maximum atomic E-state index is 2.45. The zero-order chi connectivity index (χ0) is 34.4. The van der Waals surface area contributed by atoms with Gasteiger partial charge in [-0.3, -0.25) is 0 Å². The largest absolute Gasteiger partial charge is 0.316 e. The highest BCUT2D eigenvalue weighted by Gasteiger charge is 2.20. The Morgan fingerprint density at radius 3 is 1.48 bits per heavy atom. The minimum Gasteiger partial charge on any atom is -0.316 e. The predicted octanol–water partition coefficient (Wildman–Crippen LogP) is 13.4. The highest BCUT2D eigenvalue weighted by Crippen LogP contribution is 2.44. The first-order chi connectivity index (χ1) is 25.8. The highest BCUT2D eigenvalue weighted by atomic mass is 15.0. The lowest BCUT2D eigenvalue weighted by Gasteiger charge is -2.17. The summed E-state index contributed by atoms with van der Waals surface area (Å²) in [6, 6.07) is 72.4. The summed E-state index contributed by atoms with van der Waals surface area (Å²) in [6.45, 7) is 0. The van der Waals surface area contributed by atoms with Gasteiger partial charge < -0.3 is 9.13 Å². The van der Waals surface area contributed by atoms with Crippen molar-refractivity contribution in [3.63, 3.8) is 0 Å². The molecule has 10 rings (SSSR count). The Morgan fingerprint density at radius 2 is 0.846 bits per heavy atom. The number of hydrogen-bond donors (Lipinski definition) is 0. The molecule has 0 saturated carbocycles. The minimum atomic E-state index is 1.14. The number of aromatic nitrogens is 2. The molecule has 0 aliphatic rings. The number of hydrogen-bond acceptors (Lipinski definition) is 0. The van der Waals surface area contributed by atoms with Crippen LogP contribution in [0.4, 0.5) is 0 Å². The molecule has 0 unspecified atom stereocenters. The van der Waals surface area contributed by atoms with Gasteiger partial charge in [0.05, 0.1) is 16.6 Å². The summed E-state index contributed by atoms with van der Waals surface area (Å²) in [7, 11) is 0. The van der Waals surface area contributed by atoms with Crippen LogP contribution in [0.5, 0.6) is 0 Å². The molecule has 0 amide bonds. The lowest BCUT2D eigenvalue weighted by atomic mass is 9.87. The van der Waals surface area contributed by atoms with Crippen molar-refractivity contribution in [1.82, 2.24) is 9.13 Å². The van der Waals surface area contributed by atoms with Crippen LogP contribution in [0.15, 0.2) is 206 Å². The van der Waals surface area contributed by atoms with Gasteiger partial charge in [0.15, 0.2) is 0 Å². The van der Waals surface area contributed by atoms with E-state index in [0.717, 1.165) is 11.4 Å². The van der Waals surface area contributed by atoms with E-state index in [1.165, 1.54) is 77.2 Å². The normalized spacial score (nSPS) is 11.5. The van der Waals surface area contributed by atoms with Gasteiger partial charge >= 0.3 is 0 Å². The monoisotopic (exact) mass is 662 g/mol. The quantitative estimate of drug-likeness (QED) is 0.168. The van der Waals surface area contributed by atoms with Gasteiger partial charge in [0.1, 0.15) is 0 Å². The van der Waals surface area contributed by atoms with Crippen LogP contribution in [-0.4, -0.2) is 9.13 Å². The molecule has 0 aliphatic carbocycles. The van der Waals surface area contributed by atoms with Gasteiger partial charge in [-0.15, -0.1) is 0 Å². The van der Waals surface area contributed by atoms with Crippen molar-refractivity contribution in [2.45, 2.75) is 0 Å². The molecule has 2 nitrogen and oxygen atoms in total. The number of rotatable bonds is 6. The van der Waals surface area contributed by atoms with Crippen molar-refractivity contribution in [1.29, 1.82) is 0 Å². The molecule has 0 N–H and O–H groups in total. The molecule has 2 heterocycles. The fraction of sp³-hybridized carbons (Fsp3) is 0. The molecule has 0 fully saturated rings. The lowest BCUT2D eigenvalue weighted by molar-refractivity contribution is 1.13. The number of benzene rings is 8. The summed E-state index contributed by atoms with van der Waals surface area (Å²) in [6.07, 6.45) is 2.21. The molecule has 52 heavy (non-hydrogen) atoms. The van der Waals surface area contributed by atoms with Crippen LogP contribution in [0.3, 0.4) is 0 Å². The Kier molecular flexibility index (Phi) is 7.18. The molecule has 2 heteroatoms. The molecule has 0 radical (unpaired) electrons. The first kappa shape index (κ1) is 30.0. The molecule has 2 aromatic heterocycles. The van der Waals surface area contributed by atoms with E-state index in [1.54, 1.807) is 0 Å². The summed E-state index contributed by atoms with van der Waals surface area (Å²) >= 11 is 0. The van der Waals surface area contributed by atoms with Crippen LogP contribution in [0.25, 0.3) is 88.6 Å². The molecular formula is C50H34N2. The van der Waals surface area contributed by atoms with Crippen molar-refractivity contribution in [3.05, 3.63) is 206 Å². The standard InChI is InChI=1S/C50H34N2/c1-5-14-35(15-6-1)36-24-27-40(28-25-36)51-33-32-45-47(51)31-29-44-46-34-39(26-30-48(46)52(50(44)45)41-20-11-4-12-21-41)49-42(37-16-7-2-8-17-37)22-13-23-43(49)38-18-9-3-10-19-38/h1-34H. The van der Waals surface area contributed by atoms with Crippen LogP contribution in [-0.2, 0) is 0 Å². The summed E-state index contributed by atoms with van der Waals surface area (Å²) in [5.74, 6) is 0. The lowest BCUT2D eigenvalue weighted by Crippen LogP contribution is -1.95. The first-order valence-electron chi connectivity index (χ1n) is 17.9. The van der Waals surface area contributed by atoms with Gasteiger partial charge in [-0.25, -0.2) is 0 Å². The van der Waals surface area contributed by atoms with E-state index in [9.17, 15) is 0 Å². The number of fused-ring (bicyclic) bond motifs is 5. The predicted molar refractivity (Wildman–Crippen MR) is 219 cm³/mol. The van der Waals surface area contributed by atoms with E-state index in [4.69, 9.17) is 0 Å². The molecule has 10 aromatic rings. The van der Waals surface area contributed by atoms with Crippen LogP contribution in [0.1, 0.15) is 0 Å². The second-order valence-electron chi connectivity index (χ2n) is 13.4. The van der Waals surface area contributed by atoms with E-state index in [0.29, 0.717) is 0 Å². The van der Waals surface area contributed by atoms with Gasteiger partial charge in [-0.2, -0.15) is 0 Å². The fourth-order valence-corrected chi connectivity index (χ4v) is 7.98. The Hall–Kier alpha value is -6.90. The van der Waals surface area contributed by atoms with Crippen molar-refractivity contribution in [3.8, 4) is 55.9 Å². The fourth-order valence-electron chi connectivity index (χ4n) is 7.98. The van der Waals surface area contributed by atoms with Gasteiger partial charge in [-0.05, 0) is 93.0 Å². The van der Waals surface area contributed by atoms with E-state index < -0.39 is 0 Å². The first-order valence-corrected chi connectivity index (χ1v) is 17.9. The van der Waals surface area contributed by atoms with E-state index in [-0.39, 0.29) is 0 Å². The Morgan fingerprint density at radius 1 is 0.308 bits per heavy atom. The van der Waals surface area contributed by atoms with Gasteiger partial charge in [0, 0.05) is 33.7 Å². The summed E-state index contributed by atoms with van der Waals surface area (Å²) in [5, 5.41) is 3.70. The van der Waals surface area contributed by atoms with E-state index in [2.05, 4.69) is 216 Å². The Balaban J connectivity index is 1.20. The SMILES string of the molecule is c1ccc(-c2ccc(-n3ccc4c3ccc3c5cc(-c6c(-c7ccccc7)cccc6-c6ccccc6)ccc5n(-c5ccccc5)c34)cc2)cc1. The minimum absolute atomic E-state index is 1.14. The summed E-state index contributed by atoms with van der Waals surface area (Å²) in [5.41, 5.74) is 15.6. The number of para-hydroxylation sites is 1. The van der Waals surface area contributed by atoms with Crippen LogP contribution in [0, 0.1) is 0 Å². The third-order valence-corrected chi connectivity index (χ3v) is 10.4. The molecule has 0 bridgehead atoms. The van der Waals surface area contributed by atoms with Crippen LogP contribution >= 0.6 is 0 Å². The molecular weight excluding hydrogens is 629 g/mol. The van der Waals surface area contributed by atoms with Crippen LogP contribution in [0.2, 0.25) is 0 Å². The van der Waals surface area contributed by atoms with Gasteiger partial charge in [0.25, 0.3) is 0 Å². The molecule has 244 valence electrons. The van der Waals surface area contributed by atoms with E-state index >= 15 is 0 Å². The van der Waals surface area contributed by atoms with E-state index in [1.807, 2.05) is 0 Å². The zero-order valence-corrected chi connectivity index (χ0v) is 28.5. The second-order valence-corrected chi connectivity index (χ2v) is 13.4. The third kappa shape index (κ3) is 4.96.